The van der Waals surface area contributed by atoms with Gasteiger partial charge in [-0.2, -0.15) is 0 Å². The number of hydrogen-bond donors (Lipinski definition) is 1. The molecule has 1 atom stereocenters. The number of benzene rings is 7. The summed E-state index contributed by atoms with van der Waals surface area (Å²) in [5.74, 6) is -6.51. The number of carbonyl (C=O) groups is 9. The number of nitrogens with zero attached hydrogens (tertiary/aromatic N) is 3. The maximum atomic E-state index is 14.8. The summed E-state index contributed by atoms with van der Waals surface area (Å²) in [5.41, 5.74) is 7.11. The second-order valence-electron chi connectivity index (χ2n) is 24.9. The summed E-state index contributed by atoms with van der Waals surface area (Å²) >= 11 is 0. The molecule has 0 aromatic heterocycles. The minimum absolute atomic E-state index is 0.0271. The summed E-state index contributed by atoms with van der Waals surface area (Å²) in [6.45, 7) is 12.6. The molecule has 18 heteroatoms. The van der Waals surface area contributed by atoms with E-state index in [0.29, 0.717) is 76.4 Å². The summed E-state index contributed by atoms with van der Waals surface area (Å²) in [6, 6.07) is 47.6. The lowest BCUT2D eigenvalue weighted by atomic mass is 9.89. The molecule has 0 saturated carbocycles. The predicted octanol–water partition coefficient (Wildman–Crippen LogP) is 12.3. The van der Waals surface area contributed by atoms with E-state index in [1.54, 1.807) is 175 Å². The van der Waals surface area contributed by atoms with E-state index in [1.807, 2.05) is 63.2 Å². The normalized spacial score (nSPS) is 14.5. The summed E-state index contributed by atoms with van der Waals surface area (Å²) in [6.07, 6.45) is 6.31. The quantitative estimate of drug-likeness (QED) is 0.0176. The molecule has 10 rings (SSSR count). The molecule has 3 heterocycles. The Morgan fingerprint density at radius 3 is 1.48 bits per heavy atom. The van der Waals surface area contributed by atoms with Gasteiger partial charge in [-0.3, -0.25) is 19.2 Å². The van der Waals surface area contributed by atoms with Crippen molar-refractivity contribution in [3.8, 4) is 0 Å². The number of para-hydroxylation sites is 1. The van der Waals surface area contributed by atoms with Gasteiger partial charge in [-0.15, -0.1) is 0 Å². The molecule has 0 fully saturated rings. The van der Waals surface area contributed by atoms with Crippen molar-refractivity contribution < 1.29 is 66.8 Å². The third-order valence-electron chi connectivity index (χ3n) is 15.8. The Balaban J connectivity index is 0.838. The third-order valence-corrected chi connectivity index (χ3v) is 15.8. The number of hydrogen-bond acceptors (Lipinski definition) is 17. The Kier molecular flexibility index (Phi) is 19.8. The third kappa shape index (κ3) is 15.5. The summed E-state index contributed by atoms with van der Waals surface area (Å²) < 4.78 is 27.4. The van der Waals surface area contributed by atoms with E-state index in [1.165, 1.54) is 14.0 Å². The first-order chi connectivity index (χ1) is 44.9. The number of rotatable bonds is 21. The highest BCUT2D eigenvalue weighted by atomic mass is 16.6. The molecule has 0 aliphatic carbocycles. The fraction of sp³-hybridized carbons (Fsp3) is 0.250. The number of Topliss-reactive ketones (excluding diaryl/α,β-unsaturated/α-hetero) is 3. The van der Waals surface area contributed by atoms with Gasteiger partial charge in [0.25, 0.3) is 11.6 Å². The molecule has 0 radical (unpaired) electrons. The van der Waals surface area contributed by atoms with E-state index in [9.17, 15) is 43.2 Å². The second-order valence-corrected chi connectivity index (χ2v) is 24.9. The van der Waals surface area contributed by atoms with Crippen molar-refractivity contribution in [2.45, 2.75) is 84.8 Å². The molecule has 480 valence electrons. The SMILES string of the molecule is COC(=O)c1ccc2c(c1)C(c1cccc(/C(=C\N3CCc4cc(C(=O)OCCCOC(=O)c5ccc6c(c5)CCN6/C=C(/C(=O)C(=O)OC(C)(C)C)c5ccccc5)ccc43)C(=O)C(=O)OC(C)(C)C)c1)CN2/C=C(/C(=O)c1ccccc1NC(C)=O)c1ccccc1. The number of nitrogens with one attached hydrogen (secondary N) is 1. The second kappa shape index (κ2) is 28.2. The minimum atomic E-state index is -1.06. The topological polar surface area (TPSA) is 222 Å². The lowest BCUT2D eigenvalue weighted by Gasteiger charge is -2.21. The highest BCUT2D eigenvalue weighted by molar-refractivity contribution is 6.52. The molecule has 3 aliphatic rings. The van der Waals surface area contributed by atoms with Crippen LogP contribution in [-0.4, -0.2) is 104 Å². The van der Waals surface area contributed by atoms with Crippen molar-refractivity contribution in [1.29, 1.82) is 0 Å². The van der Waals surface area contributed by atoms with Gasteiger partial charge in [0, 0.05) is 85.7 Å². The lowest BCUT2D eigenvalue weighted by molar-refractivity contribution is -0.160. The van der Waals surface area contributed by atoms with Crippen LogP contribution in [0.15, 0.2) is 182 Å². The first kappa shape index (κ1) is 65.9. The number of fused-ring (bicyclic) bond motifs is 3. The fourth-order valence-corrected chi connectivity index (χ4v) is 11.5. The van der Waals surface area contributed by atoms with Crippen molar-refractivity contribution >= 4 is 92.6 Å². The van der Waals surface area contributed by atoms with E-state index < -0.39 is 58.5 Å². The van der Waals surface area contributed by atoms with Crippen molar-refractivity contribution in [3.05, 3.63) is 244 Å². The van der Waals surface area contributed by atoms with E-state index in [-0.39, 0.29) is 60.1 Å². The smallest absolute Gasteiger partial charge is 0.380 e. The summed E-state index contributed by atoms with van der Waals surface area (Å²) in [7, 11) is 1.30. The number of anilines is 4. The Morgan fingerprint density at radius 2 is 0.957 bits per heavy atom. The van der Waals surface area contributed by atoms with Crippen LogP contribution in [0.25, 0.3) is 16.7 Å². The number of allylic oxidation sites excluding steroid dienone is 1. The first-order valence-electron chi connectivity index (χ1n) is 30.9. The van der Waals surface area contributed by atoms with E-state index in [0.717, 1.165) is 27.9 Å². The van der Waals surface area contributed by atoms with Crippen LogP contribution >= 0.6 is 0 Å². The Hall–Kier alpha value is -11.0. The molecule has 1 N–H and O–H groups in total. The molecule has 1 unspecified atom stereocenters. The Labute approximate surface area is 545 Å². The molecular weight excluding hydrogens is 1190 g/mol. The van der Waals surface area contributed by atoms with Gasteiger partial charge in [0.1, 0.15) is 11.2 Å². The molecule has 18 nitrogen and oxygen atoms in total. The van der Waals surface area contributed by atoms with Crippen LogP contribution in [-0.2, 0) is 60.5 Å². The minimum Gasteiger partial charge on any atom is -0.465 e. The number of ketones is 3. The van der Waals surface area contributed by atoms with Crippen LogP contribution in [0.2, 0.25) is 0 Å². The van der Waals surface area contributed by atoms with E-state index >= 15 is 0 Å². The Morgan fingerprint density at radius 1 is 0.489 bits per heavy atom. The van der Waals surface area contributed by atoms with Gasteiger partial charge < -0.3 is 43.7 Å². The molecule has 1 amide bonds. The average molecular weight is 1270 g/mol. The highest BCUT2D eigenvalue weighted by Gasteiger charge is 2.35. The van der Waals surface area contributed by atoms with Gasteiger partial charge in [-0.1, -0.05) is 97.1 Å². The van der Waals surface area contributed by atoms with Crippen molar-refractivity contribution in [2.75, 3.05) is 60.0 Å². The van der Waals surface area contributed by atoms with Crippen molar-refractivity contribution in [1.82, 2.24) is 0 Å². The first-order valence-corrected chi connectivity index (χ1v) is 30.9. The zero-order valence-corrected chi connectivity index (χ0v) is 53.6. The molecule has 0 bridgehead atoms. The molecule has 0 saturated heterocycles. The van der Waals surface area contributed by atoms with E-state index in [2.05, 4.69) is 5.32 Å². The number of ether oxygens (including phenoxy) is 5. The monoisotopic (exact) mass is 1260 g/mol. The van der Waals surface area contributed by atoms with Crippen molar-refractivity contribution in [2.24, 2.45) is 0 Å². The Bertz CT molecular complexity index is 4250. The van der Waals surface area contributed by atoms with Crippen LogP contribution in [0.4, 0.5) is 22.7 Å². The molecular formula is C76H72N4O14. The molecule has 7 aromatic rings. The average Bonchev–Trinajstić information content (AvgIpc) is 1.61. The summed E-state index contributed by atoms with van der Waals surface area (Å²) in [4.78, 5) is 127. The number of esters is 5. The molecule has 7 aromatic carbocycles. The van der Waals surface area contributed by atoms with Gasteiger partial charge in [0.05, 0.1) is 53.8 Å². The van der Waals surface area contributed by atoms with Gasteiger partial charge in [-0.05, 0) is 160 Å². The molecule has 94 heavy (non-hydrogen) atoms. The van der Waals surface area contributed by atoms with Crippen LogP contribution in [0.3, 0.4) is 0 Å². The number of carbonyl (C=O) groups excluding carboxylic acids is 9. The zero-order chi connectivity index (χ0) is 67.0. The summed E-state index contributed by atoms with van der Waals surface area (Å²) in [5, 5.41) is 2.78. The fourth-order valence-electron chi connectivity index (χ4n) is 11.5. The lowest BCUT2D eigenvalue weighted by Crippen LogP contribution is -2.30. The van der Waals surface area contributed by atoms with Gasteiger partial charge in [0.2, 0.25) is 5.91 Å². The van der Waals surface area contributed by atoms with Gasteiger partial charge in [-0.25, -0.2) is 24.0 Å². The predicted molar refractivity (Wildman–Crippen MR) is 357 cm³/mol. The molecule has 3 aliphatic heterocycles. The van der Waals surface area contributed by atoms with Crippen molar-refractivity contribution in [3.63, 3.8) is 0 Å². The van der Waals surface area contributed by atoms with Crippen LogP contribution in [0.1, 0.15) is 141 Å². The largest absolute Gasteiger partial charge is 0.465 e. The maximum Gasteiger partial charge on any atom is 0.380 e. The maximum absolute atomic E-state index is 14.8. The number of methoxy groups -OCH3 is 1. The van der Waals surface area contributed by atoms with Crippen LogP contribution in [0.5, 0.6) is 0 Å². The standard InChI is InChI=1S/C76H72N4O14/c1-47(81)77-63-26-16-15-25-57(63)67(82)60(48-19-11-9-12-20-48)46-80-43-59(58-42-56(70(85)90-8)29-32-66(58)80)50-23-17-24-51(39-50)62(69(84)74(89)94-76(5,6)7)45-79-36-34-53-41-55(28-31-65(53)79)72(87)92-38-18-37-91-71(86)54-27-30-64-52(40-54)33-35-78(64)44-61(49-21-13-10-14-22-49)68(83)73(88)93-75(2,3)4/h9-17,19-32,39-42,44-46,59H,18,33-38,43H2,1-8H3,(H,77,81)/b60-46+,61-44+,62-45+. The zero-order valence-electron chi connectivity index (χ0n) is 53.6. The van der Waals surface area contributed by atoms with Gasteiger partial charge >= 0.3 is 29.8 Å². The highest BCUT2D eigenvalue weighted by Crippen LogP contribution is 2.43. The molecule has 0 spiro atoms. The van der Waals surface area contributed by atoms with Gasteiger partial charge in [0.15, 0.2) is 5.78 Å². The van der Waals surface area contributed by atoms with Crippen LogP contribution < -0.4 is 20.0 Å². The van der Waals surface area contributed by atoms with E-state index in [4.69, 9.17) is 23.7 Å². The number of amides is 1. The van der Waals surface area contributed by atoms with Crippen LogP contribution in [0, 0.1) is 0 Å².